The van der Waals surface area contributed by atoms with Gasteiger partial charge in [-0.1, -0.05) is 13.8 Å². The van der Waals surface area contributed by atoms with Crippen LogP contribution in [0.25, 0.3) is 0 Å². The first-order chi connectivity index (χ1) is 12.7. The van der Waals surface area contributed by atoms with Gasteiger partial charge >= 0.3 is 0 Å². The van der Waals surface area contributed by atoms with E-state index in [-0.39, 0.29) is 24.0 Å². The van der Waals surface area contributed by atoms with Gasteiger partial charge in [-0.25, -0.2) is 4.98 Å². The molecule has 0 fully saturated rings. The van der Waals surface area contributed by atoms with E-state index in [2.05, 4.69) is 63.5 Å². The van der Waals surface area contributed by atoms with Crippen molar-refractivity contribution >= 4 is 52.6 Å². The lowest BCUT2D eigenvalue weighted by Crippen LogP contribution is -2.39. The zero-order valence-corrected chi connectivity index (χ0v) is 20.7. The van der Waals surface area contributed by atoms with Crippen LogP contribution in [-0.2, 0) is 6.42 Å². The molecule has 2 aromatic heterocycles. The van der Waals surface area contributed by atoms with Crippen LogP contribution in [0.3, 0.4) is 0 Å². The predicted octanol–water partition coefficient (Wildman–Crippen LogP) is 4.31. The van der Waals surface area contributed by atoms with E-state index in [1.54, 1.807) is 22.7 Å². The highest BCUT2D eigenvalue weighted by atomic mass is 127. The summed E-state index contributed by atoms with van der Waals surface area (Å²) in [6.07, 6.45) is 0.915. The lowest BCUT2D eigenvalue weighted by atomic mass is 10.1. The maximum atomic E-state index is 4.86. The molecule has 0 aliphatic carbocycles. The number of rotatable bonds is 10. The Bertz CT molecular complexity index is 653. The monoisotopic (exact) mass is 521 g/mol. The van der Waals surface area contributed by atoms with Gasteiger partial charge in [0.15, 0.2) is 5.96 Å². The van der Waals surface area contributed by atoms with E-state index in [1.165, 1.54) is 5.56 Å². The van der Waals surface area contributed by atoms with Crippen LogP contribution in [0.15, 0.2) is 27.2 Å². The number of likely N-dealkylation sites (N-methyl/N-ethyl adjacent to an activating group) is 1. The van der Waals surface area contributed by atoms with E-state index in [4.69, 9.17) is 4.99 Å². The average molecular weight is 522 g/mol. The molecule has 0 aromatic carbocycles. The number of nitrogens with zero attached hydrogens (tertiary/aromatic N) is 3. The molecule has 5 nitrogen and oxygen atoms in total. The molecule has 152 valence electrons. The zero-order valence-electron chi connectivity index (χ0n) is 16.7. The molecule has 0 bridgehead atoms. The van der Waals surface area contributed by atoms with Gasteiger partial charge < -0.3 is 10.6 Å². The lowest BCUT2D eigenvalue weighted by molar-refractivity contribution is 0.224. The summed E-state index contributed by atoms with van der Waals surface area (Å²) in [5.74, 6) is 0.881. The van der Waals surface area contributed by atoms with Crippen molar-refractivity contribution in [3.63, 3.8) is 0 Å². The van der Waals surface area contributed by atoms with Crippen LogP contribution >= 0.6 is 46.7 Å². The maximum Gasteiger partial charge on any atom is 0.191 e. The summed E-state index contributed by atoms with van der Waals surface area (Å²) in [5.41, 5.74) is 2.51. The molecule has 0 saturated carbocycles. The Kier molecular flexibility index (Phi) is 12.1. The van der Waals surface area contributed by atoms with Gasteiger partial charge in [0, 0.05) is 24.9 Å². The van der Waals surface area contributed by atoms with E-state index in [1.807, 2.05) is 6.92 Å². The quantitative estimate of drug-likeness (QED) is 0.278. The largest absolute Gasteiger partial charge is 0.357 e. The summed E-state index contributed by atoms with van der Waals surface area (Å²) in [4.78, 5) is 11.8. The zero-order chi connectivity index (χ0) is 18.8. The molecule has 0 saturated heterocycles. The smallest absolute Gasteiger partial charge is 0.191 e. The summed E-state index contributed by atoms with van der Waals surface area (Å²) >= 11 is 3.46. The molecule has 2 rings (SSSR count). The molecule has 2 aromatic rings. The molecule has 27 heavy (non-hydrogen) atoms. The Morgan fingerprint density at radius 2 is 2.00 bits per heavy atom. The van der Waals surface area contributed by atoms with Gasteiger partial charge in [0.1, 0.15) is 0 Å². The highest BCUT2D eigenvalue weighted by Crippen LogP contribution is 2.23. The van der Waals surface area contributed by atoms with Crippen molar-refractivity contribution in [2.75, 3.05) is 32.7 Å². The molecule has 0 amide bonds. The molecule has 8 heteroatoms. The van der Waals surface area contributed by atoms with E-state index in [9.17, 15) is 0 Å². The number of thiophene rings is 1. The van der Waals surface area contributed by atoms with Crippen molar-refractivity contribution in [2.45, 2.75) is 40.2 Å². The Morgan fingerprint density at radius 1 is 1.22 bits per heavy atom. The molecular formula is C19H32IN5S2. The average Bonchev–Trinajstić information content (AvgIpc) is 3.30. The highest BCUT2D eigenvalue weighted by molar-refractivity contribution is 14.0. The van der Waals surface area contributed by atoms with Crippen molar-refractivity contribution in [3.8, 4) is 0 Å². The Labute approximate surface area is 188 Å². The molecule has 0 radical (unpaired) electrons. The normalized spacial score (nSPS) is 12.7. The second-order valence-electron chi connectivity index (χ2n) is 6.05. The molecule has 0 aliphatic heterocycles. The van der Waals surface area contributed by atoms with Crippen LogP contribution < -0.4 is 10.6 Å². The van der Waals surface area contributed by atoms with E-state index >= 15 is 0 Å². The molecule has 1 atom stereocenters. The van der Waals surface area contributed by atoms with Gasteiger partial charge in [0.05, 0.1) is 23.3 Å². The number of nitrogens with one attached hydrogen (secondary N) is 2. The molecule has 0 spiro atoms. The van der Waals surface area contributed by atoms with Gasteiger partial charge in [-0.15, -0.1) is 35.3 Å². The van der Waals surface area contributed by atoms with E-state index in [0.29, 0.717) is 6.04 Å². The third-order valence-electron chi connectivity index (χ3n) is 4.29. The number of aromatic nitrogens is 1. The fraction of sp³-hybridized carbons (Fsp3) is 0.579. The van der Waals surface area contributed by atoms with Crippen LogP contribution in [0.4, 0.5) is 0 Å². The molecular weight excluding hydrogens is 489 g/mol. The molecule has 0 aliphatic rings. The minimum absolute atomic E-state index is 0. The second-order valence-corrected chi connectivity index (χ2v) is 7.89. The molecule has 2 N–H and O–H groups in total. The number of hydrogen-bond donors (Lipinski definition) is 2. The highest BCUT2D eigenvalue weighted by Gasteiger charge is 2.18. The van der Waals surface area contributed by atoms with E-state index in [0.717, 1.165) is 55.8 Å². The Balaban J connectivity index is 0.00000364. The minimum Gasteiger partial charge on any atom is -0.357 e. The molecule has 2 heterocycles. The number of hydrogen-bond acceptors (Lipinski definition) is 5. The van der Waals surface area contributed by atoms with Crippen LogP contribution in [0.5, 0.6) is 0 Å². The number of guanidine groups is 1. The fourth-order valence-electron chi connectivity index (χ4n) is 2.91. The van der Waals surface area contributed by atoms with Crippen LogP contribution in [0, 0.1) is 6.92 Å². The Hall–Kier alpha value is -0.710. The van der Waals surface area contributed by atoms with Crippen molar-refractivity contribution < 1.29 is 0 Å². The fourth-order valence-corrected chi connectivity index (χ4v) is 4.27. The topological polar surface area (TPSA) is 52.6 Å². The second kappa shape index (κ2) is 13.5. The van der Waals surface area contributed by atoms with Crippen molar-refractivity contribution in [1.29, 1.82) is 0 Å². The number of aliphatic imine (C=N–C) groups is 1. The first kappa shape index (κ1) is 24.3. The Morgan fingerprint density at radius 3 is 2.56 bits per heavy atom. The minimum atomic E-state index is 0. The SMILES string of the molecule is CCNC(=NCC(c1ccsc1)N(CC)CC)NCCc1csc(C)n1.I. The van der Waals surface area contributed by atoms with Crippen LogP contribution in [0.1, 0.15) is 43.1 Å². The standard InChI is InChI=1S/C19H31N5S2.HI/c1-5-20-19(21-10-8-17-14-26-15(4)23-17)22-12-18(24(6-2)7-3)16-9-11-25-13-16;/h9,11,13-14,18H,5-8,10,12H2,1-4H3,(H2,20,21,22);1H. The van der Waals surface area contributed by atoms with Crippen molar-refractivity contribution in [3.05, 3.63) is 38.5 Å². The summed E-state index contributed by atoms with van der Waals surface area (Å²) < 4.78 is 0. The van der Waals surface area contributed by atoms with Gasteiger partial charge in [0.25, 0.3) is 0 Å². The van der Waals surface area contributed by atoms with E-state index < -0.39 is 0 Å². The maximum absolute atomic E-state index is 4.86. The summed E-state index contributed by atoms with van der Waals surface area (Å²) in [5, 5.41) is 14.4. The number of halogens is 1. The lowest BCUT2D eigenvalue weighted by Gasteiger charge is -2.28. The summed E-state index contributed by atoms with van der Waals surface area (Å²) in [6, 6.07) is 2.54. The predicted molar refractivity (Wildman–Crippen MR) is 130 cm³/mol. The van der Waals surface area contributed by atoms with Crippen molar-refractivity contribution in [2.24, 2.45) is 4.99 Å². The number of thiazole rings is 1. The van der Waals surface area contributed by atoms with Gasteiger partial charge in [-0.05, 0) is 49.3 Å². The van der Waals surface area contributed by atoms with Gasteiger partial charge in [-0.2, -0.15) is 11.3 Å². The first-order valence-corrected chi connectivity index (χ1v) is 11.2. The summed E-state index contributed by atoms with van der Waals surface area (Å²) in [7, 11) is 0. The summed E-state index contributed by atoms with van der Waals surface area (Å²) in [6.45, 7) is 13.1. The van der Waals surface area contributed by atoms with Crippen molar-refractivity contribution in [1.82, 2.24) is 20.5 Å². The van der Waals surface area contributed by atoms with Crippen LogP contribution in [-0.4, -0.2) is 48.6 Å². The van der Waals surface area contributed by atoms with Gasteiger partial charge in [-0.3, -0.25) is 9.89 Å². The van der Waals surface area contributed by atoms with Crippen LogP contribution in [0.2, 0.25) is 0 Å². The third kappa shape index (κ3) is 8.05. The first-order valence-electron chi connectivity index (χ1n) is 9.37. The van der Waals surface area contributed by atoms with Gasteiger partial charge in [0.2, 0.25) is 0 Å². The third-order valence-corrected chi connectivity index (χ3v) is 5.81. The molecule has 1 unspecified atom stereocenters. The number of aryl methyl sites for hydroxylation is 1.